The predicted molar refractivity (Wildman–Crippen MR) is 68.3 cm³/mol. The van der Waals surface area contributed by atoms with Crippen molar-refractivity contribution in [3.63, 3.8) is 0 Å². The Bertz CT molecular complexity index is 471. The van der Waals surface area contributed by atoms with Gasteiger partial charge in [-0.25, -0.2) is 4.68 Å². The fraction of sp³-hybridized carbons (Fsp3) is 0.357. The van der Waals surface area contributed by atoms with Crippen LogP contribution in [0.5, 0.6) is 0 Å². The molecular formula is C14H17N3. The third-order valence-corrected chi connectivity index (χ3v) is 3.06. The number of benzene rings is 1. The highest BCUT2D eigenvalue weighted by molar-refractivity contribution is 5.30. The van der Waals surface area contributed by atoms with Gasteiger partial charge in [-0.15, -0.1) is 0 Å². The molecule has 1 aliphatic carbocycles. The molecule has 0 atom stereocenters. The van der Waals surface area contributed by atoms with Crippen molar-refractivity contribution in [2.75, 3.05) is 6.54 Å². The summed E-state index contributed by atoms with van der Waals surface area (Å²) in [6.07, 6.45) is 5.73. The van der Waals surface area contributed by atoms with E-state index in [2.05, 4.69) is 28.6 Å². The van der Waals surface area contributed by atoms with Crippen LogP contribution in [0.15, 0.2) is 42.6 Å². The van der Waals surface area contributed by atoms with Crippen molar-refractivity contribution < 1.29 is 0 Å². The minimum absolute atomic E-state index is 0.784. The Morgan fingerprint density at radius 1 is 1.18 bits per heavy atom. The SMILES string of the molecule is c1ccc(-n2ccc(CCNC3CC3)n2)cc1. The van der Waals surface area contributed by atoms with Crippen molar-refractivity contribution in [3.8, 4) is 5.69 Å². The van der Waals surface area contributed by atoms with Crippen LogP contribution < -0.4 is 5.32 Å². The van der Waals surface area contributed by atoms with Gasteiger partial charge in [0.05, 0.1) is 11.4 Å². The summed E-state index contributed by atoms with van der Waals surface area (Å²) in [6.45, 7) is 1.04. The average molecular weight is 227 g/mol. The molecule has 88 valence electrons. The topological polar surface area (TPSA) is 29.9 Å². The molecule has 1 fully saturated rings. The molecule has 0 bridgehead atoms. The van der Waals surface area contributed by atoms with Gasteiger partial charge in [-0.1, -0.05) is 18.2 Å². The maximum Gasteiger partial charge on any atom is 0.0645 e. The van der Waals surface area contributed by atoms with Crippen LogP contribution in [0.3, 0.4) is 0 Å². The van der Waals surface area contributed by atoms with Crippen LogP contribution in [-0.2, 0) is 6.42 Å². The van der Waals surface area contributed by atoms with E-state index in [0.29, 0.717) is 0 Å². The second-order valence-corrected chi connectivity index (χ2v) is 4.57. The third-order valence-electron chi connectivity index (χ3n) is 3.06. The first-order valence-corrected chi connectivity index (χ1v) is 6.25. The zero-order valence-electron chi connectivity index (χ0n) is 9.84. The van der Waals surface area contributed by atoms with Gasteiger partial charge in [0.1, 0.15) is 0 Å². The Balaban J connectivity index is 1.61. The van der Waals surface area contributed by atoms with Gasteiger partial charge in [-0.3, -0.25) is 0 Å². The Morgan fingerprint density at radius 2 is 2.00 bits per heavy atom. The fourth-order valence-electron chi connectivity index (χ4n) is 1.91. The lowest BCUT2D eigenvalue weighted by molar-refractivity contribution is 0.670. The summed E-state index contributed by atoms with van der Waals surface area (Å²) >= 11 is 0. The van der Waals surface area contributed by atoms with Crippen LogP contribution in [0.1, 0.15) is 18.5 Å². The molecule has 0 radical (unpaired) electrons. The molecule has 1 aromatic carbocycles. The minimum Gasteiger partial charge on any atom is -0.314 e. The van der Waals surface area contributed by atoms with Gasteiger partial charge in [0, 0.05) is 25.2 Å². The number of para-hydroxylation sites is 1. The molecule has 0 spiro atoms. The van der Waals surface area contributed by atoms with Gasteiger partial charge < -0.3 is 5.32 Å². The summed E-state index contributed by atoms with van der Waals surface area (Å²) in [7, 11) is 0. The zero-order chi connectivity index (χ0) is 11.5. The van der Waals surface area contributed by atoms with Crippen LogP contribution in [0, 0.1) is 0 Å². The summed E-state index contributed by atoms with van der Waals surface area (Å²) in [4.78, 5) is 0. The van der Waals surface area contributed by atoms with Crippen molar-refractivity contribution in [1.29, 1.82) is 0 Å². The first kappa shape index (κ1) is 10.5. The zero-order valence-corrected chi connectivity index (χ0v) is 9.84. The molecule has 3 rings (SSSR count). The van der Waals surface area contributed by atoms with E-state index in [1.165, 1.54) is 12.8 Å². The van der Waals surface area contributed by atoms with Crippen LogP contribution in [0.4, 0.5) is 0 Å². The number of rotatable bonds is 5. The van der Waals surface area contributed by atoms with E-state index in [1.807, 2.05) is 29.1 Å². The Morgan fingerprint density at radius 3 is 2.76 bits per heavy atom. The number of nitrogens with one attached hydrogen (secondary N) is 1. The fourth-order valence-corrected chi connectivity index (χ4v) is 1.91. The first-order chi connectivity index (χ1) is 8.42. The molecule has 0 saturated heterocycles. The summed E-state index contributed by atoms with van der Waals surface area (Å²) in [5.41, 5.74) is 2.27. The highest BCUT2D eigenvalue weighted by Gasteiger charge is 2.19. The standard InChI is InChI=1S/C14H17N3/c1-2-4-14(5-3-1)17-11-9-13(16-17)8-10-15-12-6-7-12/h1-5,9,11-12,15H,6-8,10H2. The van der Waals surface area contributed by atoms with Gasteiger partial charge in [0.2, 0.25) is 0 Å². The molecule has 1 N–H and O–H groups in total. The maximum absolute atomic E-state index is 4.57. The quantitative estimate of drug-likeness (QED) is 0.848. The van der Waals surface area contributed by atoms with E-state index < -0.39 is 0 Å². The molecular weight excluding hydrogens is 210 g/mol. The highest BCUT2D eigenvalue weighted by Crippen LogP contribution is 2.18. The molecule has 2 aromatic rings. The molecule has 1 aromatic heterocycles. The predicted octanol–water partition coefficient (Wildman–Crippen LogP) is 2.17. The summed E-state index contributed by atoms with van der Waals surface area (Å²) in [5, 5.41) is 8.08. The Kier molecular flexibility index (Phi) is 2.92. The van der Waals surface area contributed by atoms with Crippen molar-refractivity contribution in [2.24, 2.45) is 0 Å². The van der Waals surface area contributed by atoms with Gasteiger partial charge in [0.25, 0.3) is 0 Å². The van der Waals surface area contributed by atoms with Crippen LogP contribution >= 0.6 is 0 Å². The molecule has 1 aliphatic rings. The van der Waals surface area contributed by atoms with E-state index >= 15 is 0 Å². The lowest BCUT2D eigenvalue weighted by Gasteiger charge is -2.01. The molecule has 1 heterocycles. The second-order valence-electron chi connectivity index (χ2n) is 4.57. The highest BCUT2D eigenvalue weighted by atomic mass is 15.3. The van der Waals surface area contributed by atoms with Crippen molar-refractivity contribution in [2.45, 2.75) is 25.3 Å². The van der Waals surface area contributed by atoms with Crippen molar-refractivity contribution >= 4 is 0 Å². The number of aromatic nitrogens is 2. The first-order valence-electron chi connectivity index (χ1n) is 6.25. The van der Waals surface area contributed by atoms with Gasteiger partial charge in [0.15, 0.2) is 0 Å². The van der Waals surface area contributed by atoms with Gasteiger partial charge in [-0.05, 0) is 31.0 Å². The molecule has 1 saturated carbocycles. The van der Waals surface area contributed by atoms with Crippen LogP contribution in [0.2, 0.25) is 0 Å². The molecule has 3 nitrogen and oxygen atoms in total. The normalized spacial score (nSPS) is 15.1. The molecule has 0 unspecified atom stereocenters. The second kappa shape index (κ2) is 4.72. The minimum atomic E-state index is 0.784. The van der Waals surface area contributed by atoms with Gasteiger partial charge in [-0.2, -0.15) is 5.10 Å². The van der Waals surface area contributed by atoms with Crippen LogP contribution in [-0.4, -0.2) is 22.4 Å². The average Bonchev–Trinajstić information content (AvgIpc) is 3.07. The molecule has 3 heteroatoms. The monoisotopic (exact) mass is 227 g/mol. The van der Waals surface area contributed by atoms with E-state index in [-0.39, 0.29) is 0 Å². The van der Waals surface area contributed by atoms with Crippen LogP contribution in [0.25, 0.3) is 5.69 Å². The Labute approximate surface area is 101 Å². The molecule has 0 aliphatic heterocycles. The summed E-state index contributed by atoms with van der Waals surface area (Å²) in [5.74, 6) is 0. The van der Waals surface area contributed by atoms with Crippen molar-refractivity contribution in [1.82, 2.24) is 15.1 Å². The third kappa shape index (κ3) is 2.74. The van der Waals surface area contributed by atoms with E-state index in [4.69, 9.17) is 0 Å². The maximum atomic E-state index is 4.57. The summed E-state index contributed by atoms with van der Waals surface area (Å²) in [6, 6.07) is 13.1. The number of nitrogens with zero attached hydrogens (tertiary/aromatic N) is 2. The smallest absolute Gasteiger partial charge is 0.0645 e. The Hall–Kier alpha value is -1.61. The largest absolute Gasteiger partial charge is 0.314 e. The van der Waals surface area contributed by atoms with Crippen molar-refractivity contribution in [3.05, 3.63) is 48.3 Å². The van der Waals surface area contributed by atoms with E-state index in [0.717, 1.165) is 30.4 Å². The lowest BCUT2D eigenvalue weighted by atomic mass is 10.3. The molecule has 17 heavy (non-hydrogen) atoms. The van der Waals surface area contributed by atoms with E-state index in [1.54, 1.807) is 0 Å². The lowest BCUT2D eigenvalue weighted by Crippen LogP contribution is -2.19. The molecule has 0 amide bonds. The number of hydrogen-bond donors (Lipinski definition) is 1. The van der Waals surface area contributed by atoms with Gasteiger partial charge >= 0.3 is 0 Å². The number of hydrogen-bond acceptors (Lipinski definition) is 2. The van der Waals surface area contributed by atoms with E-state index in [9.17, 15) is 0 Å². The summed E-state index contributed by atoms with van der Waals surface area (Å²) < 4.78 is 1.94.